The average Bonchev–Trinajstić information content (AvgIpc) is 2.54. The summed E-state index contributed by atoms with van der Waals surface area (Å²) in [5.74, 6) is 1.53. The van der Waals surface area contributed by atoms with Crippen LogP contribution in [0, 0.1) is 20.8 Å². The molecule has 2 N–H and O–H groups in total. The van der Waals surface area contributed by atoms with Gasteiger partial charge in [-0.15, -0.1) is 0 Å². The molecule has 1 aliphatic rings. The van der Waals surface area contributed by atoms with E-state index in [1.54, 1.807) is 5.57 Å². The molecule has 0 fully saturated rings. The summed E-state index contributed by atoms with van der Waals surface area (Å²) in [6, 6.07) is 8.39. The van der Waals surface area contributed by atoms with Gasteiger partial charge >= 0.3 is 0 Å². The van der Waals surface area contributed by atoms with Gasteiger partial charge in [-0.1, -0.05) is 17.7 Å². The SMILES string of the molecule is Cc1cc(C)cc(Nc2nc(C)cc(NCCC3=CCCCC3)n2)c1. The molecule has 0 saturated heterocycles. The van der Waals surface area contributed by atoms with E-state index in [4.69, 9.17) is 0 Å². The monoisotopic (exact) mass is 336 g/mol. The Hall–Kier alpha value is -2.36. The number of anilines is 3. The van der Waals surface area contributed by atoms with Gasteiger partial charge in [-0.25, -0.2) is 4.98 Å². The molecular weight excluding hydrogens is 308 g/mol. The van der Waals surface area contributed by atoms with Crippen molar-refractivity contribution in [2.24, 2.45) is 0 Å². The number of benzene rings is 1. The Morgan fingerprint density at radius 1 is 0.960 bits per heavy atom. The van der Waals surface area contributed by atoms with E-state index in [2.05, 4.69) is 58.7 Å². The van der Waals surface area contributed by atoms with E-state index < -0.39 is 0 Å². The predicted octanol–water partition coefficient (Wildman–Crippen LogP) is 5.45. The number of aryl methyl sites for hydroxylation is 3. The lowest BCUT2D eigenvalue weighted by Crippen LogP contribution is -2.08. The van der Waals surface area contributed by atoms with Crippen molar-refractivity contribution in [1.82, 2.24) is 9.97 Å². The molecule has 2 aromatic rings. The third-order valence-electron chi connectivity index (χ3n) is 4.47. The van der Waals surface area contributed by atoms with Crippen LogP contribution in [0.5, 0.6) is 0 Å². The van der Waals surface area contributed by atoms with Gasteiger partial charge in [0.05, 0.1) is 0 Å². The van der Waals surface area contributed by atoms with E-state index in [1.807, 2.05) is 13.0 Å². The van der Waals surface area contributed by atoms with Crippen molar-refractivity contribution in [3.63, 3.8) is 0 Å². The summed E-state index contributed by atoms with van der Waals surface area (Å²) in [4.78, 5) is 9.13. The van der Waals surface area contributed by atoms with Crippen LogP contribution in [0.3, 0.4) is 0 Å². The minimum atomic E-state index is 0.643. The van der Waals surface area contributed by atoms with E-state index >= 15 is 0 Å². The number of aromatic nitrogens is 2. The first kappa shape index (κ1) is 17.5. The lowest BCUT2D eigenvalue weighted by Gasteiger charge is -2.14. The fourth-order valence-electron chi connectivity index (χ4n) is 3.37. The summed E-state index contributed by atoms with van der Waals surface area (Å²) in [7, 11) is 0. The zero-order valence-corrected chi connectivity index (χ0v) is 15.5. The van der Waals surface area contributed by atoms with Crippen LogP contribution in [0.25, 0.3) is 0 Å². The minimum absolute atomic E-state index is 0.643. The highest BCUT2D eigenvalue weighted by molar-refractivity contribution is 5.57. The number of allylic oxidation sites excluding steroid dienone is 1. The second-order valence-corrected chi connectivity index (χ2v) is 7.00. The Morgan fingerprint density at radius 2 is 1.76 bits per heavy atom. The zero-order valence-electron chi connectivity index (χ0n) is 15.5. The topological polar surface area (TPSA) is 49.8 Å². The van der Waals surface area contributed by atoms with E-state index in [1.165, 1.54) is 36.8 Å². The van der Waals surface area contributed by atoms with Crippen molar-refractivity contribution in [3.05, 3.63) is 52.7 Å². The number of hydrogen-bond donors (Lipinski definition) is 2. The summed E-state index contributed by atoms with van der Waals surface area (Å²) in [5.41, 5.74) is 6.03. The fraction of sp³-hybridized carbons (Fsp3) is 0.429. The molecule has 0 bridgehead atoms. The highest BCUT2D eigenvalue weighted by Crippen LogP contribution is 2.21. The zero-order chi connectivity index (χ0) is 17.6. The van der Waals surface area contributed by atoms with Gasteiger partial charge in [-0.3, -0.25) is 0 Å². The standard InChI is InChI=1S/C21H28N4/c1-15-11-16(2)13-19(12-15)24-21-23-17(3)14-20(25-21)22-10-9-18-7-5-4-6-8-18/h7,11-14H,4-6,8-10H2,1-3H3,(H2,22,23,24,25). The van der Waals surface area contributed by atoms with Crippen LogP contribution < -0.4 is 10.6 Å². The molecule has 0 radical (unpaired) electrons. The predicted molar refractivity (Wildman–Crippen MR) is 106 cm³/mol. The molecule has 0 amide bonds. The maximum atomic E-state index is 4.62. The third kappa shape index (κ3) is 5.31. The highest BCUT2D eigenvalue weighted by Gasteiger charge is 2.06. The third-order valence-corrected chi connectivity index (χ3v) is 4.47. The quantitative estimate of drug-likeness (QED) is 0.689. The second-order valence-electron chi connectivity index (χ2n) is 7.00. The first-order chi connectivity index (χ1) is 12.1. The minimum Gasteiger partial charge on any atom is -0.370 e. The summed E-state index contributed by atoms with van der Waals surface area (Å²) in [6.07, 6.45) is 8.68. The first-order valence-electron chi connectivity index (χ1n) is 9.21. The molecule has 0 atom stereocenters. The average molecular weight is 336 g/mol. The molecule has 1 aliphatic carbocycles. The van der Waals surface area contributed by atoms with Crippen LogP contribution in [0.15, 0.2) is 35.9 Å². The maximum Gasteiger partial charge on any atom is 0.229 e. The molecule has 4 nitrogen and oxygen atoms in total. The molecule has 0 spiro atoms. The molecule has 0 aliphatic heterocycles. The largest absolute Gasteiger partial charge is 0.370 e. The molecule has 0 unspecified atom stereocenters. The summed E-state index contributed by atoms with van der Waals surface area (Å²) < 4.78 is 0. The Kier molecular flexibility index (Phi) is 5.69. The van der Waals surface area contributed by atoms with E-state index in [0.29, 0.717) is 5.95 Å². The van der Waals surface area contributed by atoms with Gasteiger partial charge in [0.25, 0.3) is 0 Å². The number of nitrogens with one attached hydrogen (secondary N) is 2. The first-order valence-corrected chi connectivity index (χ1v) is 9.21. The number of hydrogen-bond acceptors (Lipinski definition) is 4. The van der Waals surface area contributed by atoms with E-state index in [9.17, 15) is 0 Å². The summed E-state index contributed by atoms with van der Waals surface area (Å²) >= 11 is 0. The smallest absolute Gasteiger partial charge is 0.229 e. The van der Waals surface area contributed by atoms with Crippen molar-refractivity contribution in [1.29, 1.82) is 0 Å². The van der Waals surface area contributed by atoms with Gasteiger partial charge in [-0.2, -0.15) is 4.98 Å². The molecule has 132 valence electrons. The van der Waals surface area contributed by atoms with Gasteiger partial charge in [0.2, 0.25) is 5.95 Å². The maximum absolute atomic E-state index is 4.62. The van der Waals surface area contributed by atoms with Gasteiger partial charge in [-0.05, 0) is 76.1 Å². The van der Waals surface area contributed by atoms with Crippen LogP contribution >= 0.6 is 0 Å². The molecule has 3 rings (SSSR count). The lowest BCUT2D eigenvalue weighted by molar-refractivity contribution is 0.679. The Morgan fingerprint density at radius 3 is 2.48 bits per heavy atom. The van der Waals surface area contributed by atoms with E-state index in [0.717, 1.165) is 30.2 Å². The van der Waals surface area contributed by atoms with Crippen LogP contribution in [-0.4, -0.2) is 16.5 Å². The number of rotatable bonds is 6. The van der Waals surface area contributed by atoms with Crippen LogP contribution in [0.2, 0.25) is 0 Å². The molecule has 4 heteroatoms. The van der Waals surface area contributed by atoms with Crippen molar-refractivity contribution in [3.8, 4) is 0 Å². The molecule has 1 aromatic heterocycles. The lowest BCUT2D eigenvalue weighted by atomic mass is 9.97. The van der Waals surface area contributed by atoms with Gasteiger partial charge < -0.3 is 10.6 Å². The Bertz CT molecular complexity index is 744. The molecule has 1 aromatic carbocycles. The Labute approximate surface area is 150 Å². The van der Waals surface area contributed by atoms with Gasteiger partial charge in [0, 0.05) is 24.0 Å². The molecule has 0 saturated carbocycles. The van der Waals surface area contributed by atoms with Crippen molar-refractivity contribution >= 4 is 17.5 Å². The van der Waals surface area contributed by atoms with Crippen molar-refractivity contribution in [2.45, 2.75) is 52.9 Å². The normalized spacial score (nSPS) is 14.1. The van der Waals surface area contributed by atoms with Crippen molar-refractivity contribution in [2.75, 3.05) is 17.2 Å². The molecule has 1 heterocycles. The van der Waals surface area contributed by atoms with Crippen molar-refractivity contribution < 1.29 is 0 Å². The highest BCUT2D eigenvalue weighted by atomic mass is 15.1. The van der Waals surface area contributed by atoms with E-state index in [-0.39, 0.29) is 0 Å². The fourth-order valence-corrected chi connectivity index (χ4v) is 3.37. The van der Waals surface area contributed by atoms with Crippen LogP contribution in [0.1, 0.15) is 48.9 Å². The summed E-state index contributed by atoms with van der Waals surface area (Å²) in [6.45, 7) is 7.12. The molecular formula is C21H28N4. The number of nitrogens with zero attached hydrogens (tertiary/aromatic N) is 2. The van der Waals surface area contributed by atoms with Gasteiger partial charge in [0.1, 0.15) is 5.82 Å². The second kappa shape index (κ2) is 8.15. The van der Waals surface area contributed by atoms with Gasteiger partial charge in [0.15, 0.2) is 0 Å². The summed E-state index contributed by atoms with van der Waals surface area (Å²) in [5, 5.41) is 6.78. The van der Waals surface area contributed by atoms with Crippen LogP contribution in [-0.2, 0) is 0 Å². The van der Waals surface area contributed by atoms with Crippen LogP contribution in [0.4, 0.5) is 17.5 Å². The molecule has 25 heavy (non-hydrogen) atoms. The Balaban J connectivity index is 1.64.